The summed E-state index contributed by atoms with van der Waals surface area (Å²) in [5.41, 5.74) is 6.57. The molecule has 0 aliphatic heterocycles. The van der Waals surface area contributed by atoms with Gasteiger partial charge in [-0.15, -0.1) is 0 Å². The van der Waals surface area contributed by atoms with Crippen LogP contribution in [0, 0.1) is 5.41 Å². The third-order valence-corrected chi connectivity index (χ3v) is 3.21. The molecular formula is C15H19N3O2. The van der Waals surface area contributed by atoms with E-state index < -0.39 is 6.03 Å². The van der Waals surface area contributed by atoms with Crippen LogP contribution in [0.3, 0.4) is 0 Å². The van der Waals surface area contributed by atoms with Gasteiger partial charge in [0.05, 0.1) is 5.69 Å². The SMILES string of the molecule is CC1(C)CC(=O)C/C(=N\N(C(N)=O)c2ccccc2)C1. The molecule has 0 radical (unpaired) electrons. The Morgan fingerprint density at radius 1 is 1.25 bits per heavy atom. The van der Waals surface area contributed by atoms with Crippen LogP contribution in [0.15, 0.2) is 35.4 Å². The third kappa shape index (κ3) is 3.44. The van der Waals surface area contributed by atoms with Gasteiger partial charge in [-0.2, -0.15) is 10.1 Å². The molecule has 1 aromatic rings. The van der Waals surface area contributed by atoms with E-state index in [4.69, 9.17) is 5.73 Å². The van der Waals surface area contributed by atoms with Crippen LogP contribution in [0.25, 0.3) is 0 Å². The van der Waals surface area contributed by atoms with Crippen LogP contribution in [0.2, 0.25) is 0 Å². The maximum absolute atomic E-state index is 11.8. The molecule has 0 atom stereocenters. The number of hydrogen-bond acceptors (Lipinski definition) is 3. The Hall–Kier alpha value is -2.17. The van der Waals surface area contributed by atoms with Gasteiger partial charge in [0.25, 0.3) is 0 Å². The minimum absolute atomic E-state index is 0.117. The van der Waals surface area contributed by atoms with E-state index in [1.165, 1.54) is 0 Å². The first kappa shape index (κ1) is 14.2. The number of carbonyl (C=O) groups excluding carboxylic acids is 2. The van der Waals surface area contributed by atoms with Crippen LogP contribution in [-0.4, -0.2) is 17.5 Å². The number of anilines is 1. The van der Waals surface area contributed by atoms with Gasteiger partial charge in [-0.1, -0.05) is 32.0 Å². The molecule has 0 bridgehead atoms. The molecule has 0 spiro atoms. The highest BCUT2D eigenvalue weighted by Gasteiger charge is 2.31. The molecule has 1 aliphatic rings. The third-order valence-electron chi connectivity index (χ3n) is 3.21. The van der Waals surface area contributed by atoms with E-state index >= 15 is 0 Å². The smallest absolute Gasteiger partial charge is 0.339 e. The maximum Gasteiger partial charge on any atom is 0.339 e. The largest absolute Gasteiger partial charge is 0.350 e. The summed E-state index contributed by atoms with van der Waals surface area (Å²) in [5.74, 6) is 0.150. The molecule has 5 nitrogen and oxygen atoms in total. The first-order valence-corrected chi connectivity index (χ1v) is 6.60. The Kier molecular flexibility index (Phi) is 3.88. The predicted molar refractivity (Wildman–Crippen MR) is 78.6 cm³/mol. The zero-order chi connectivity index (χ0) is 14.8. The number of amides is 2. The van der Waals surface area contributed by atoms with Crippen LogP contribution < -0.4 is 10.7 Å². The average Bonchev–Trinajstić information content (AvgIpc) is 2.34. The molecule has 5 heteroatoms. The van der Waals surface area contributed by atoms with Crippen molar-refractivity contribution in [2.45, 2.75) is 33.1 Å². The number of para-hydroxylation sites is 1. The van der Waals surface area contributed by atoms with Gasteiger partial charge in [0.1, 0.15) is 5.78 Å². The van der Waals surface area contributed by atoms with Crippen molar-refractivity contribution in [1.29, 1.82) is 0 Å². The van der Waals surface area contributed by atoms with Crippen LogP contribution in [0.4, 0.5) is 10.5 Å². The fourth-order valence-electron chi connectivity index (χ4n) is 2.52. The second-order valence-corrected chi connectivity index (χ2v) is 5.89. The van der Waals surface area contributed by atoms with Crippen molar-refractivity contribution in [3.63, 3.8) is 0 Å². The predicted octanol–water partition coefficient (Wildman–Crippen LogP) is 2.71. The Labute approximate surface area is 118 Å². The Morgan fingerprint density at radius 2 is 1.90 bits per heavy atom. The summed E-state index contributed by atoms with van der Waals surface area (Å²) in [6, 6.07) is 8.32. The van der Waals surface area contributed by atoms with E-state index in [0.29, 0.717) is 30.7 Å². The lowest BCUT2D eigenvalue weighted by Crippen LogP contribution is -2.35. The molecule has 2 amide bonds. The number of nitrogens with two attached hydrogens (primary N) is 1. The van der Waals surface area contributed by atoms with Gasteiger partial charge >= 0.3 is 6.03 Å². The molecule has 0 aromatic heterocycles. The lowest BCUT2D eigenvalue weighted by atomic mass is 9.76. The molecule has 1 aliphatic carbocycles. The van der Waals surface area contributed by atoms with Crippen LogP contribution in [0.1, 0.15) is 33.1 Å². The van der Waals surface area contributed by atoms with Crippen molar-refractivity contribution < 1.29 is 9.59 Å². The van der Waals surface area contributed by atoms with Gasteiger partial charge < -0.3 is 5.73 Å². The van der Waals surface area contributed by atoms with Gasteiger partial charge in [-0.25, -0.2) is 4.79 Å². The Morgan fingerprint density at radius 3 is 2.45 bits per heavy atom. The number of urea groups is 1. The first-order valence-electron chi connectivity index (χ1n) is 6.60. The molecular weight excluding hydrogens is 254 g/mol. The Balaban J connectivity index is 2.30. The number of hydrogen-bond donors (Lipinski definition) is 1. The first-order chi connectivity index (χ1) is 9.37. The van der Waals surface area contributed by atoms with Crippen molar-refractivity contribution in [3.8, 4) is 0 Å². The molecule has 1 saturated carbocycles. The monoisotopic (exact) mass is 273 g/mol. The highest BCUT2D eigenvalue weighted by Crippen LogP contribution is 2.32. The molecule has 0 heterocycles. The minimum Gasteiger partial charge on any atom is -0.350 e. The minimum atomic E-state index is -0.653. The second-order valence-electron chi connectivity index (χ2n) is 5.89. The van der Waals surface area contributed by atoms with Crippen LogP contribution in [-0.2, 0) is 4.79 Å². The van der Waals surface area contributed by atoms with Crippen molar-refractivity contribution in [2.75, 3.05) is 5.01 Å². The van der Waals surface area contributed by atoms with Crippen LogP contribution >= 0.6 is 0 Å². The summed E-state index contributed by atoms with van der Waals surface area (Å²) in [6.07, 6.45) is 1.53. The van der Waals surface area contributed by atoms with E-state index in [1.807, 2.05) is 19.9 Å². The molecule has 106 valence electrons. The van der Waals surface area contributed by atoms with Crippen molar-refractivity contribution in [3.05, 3.63) is 30.3 Å². The highest BCUT2D eigenvalue weighted by atomic mass is 16.2. The molecule has 20 heavy (non-hydrogen) atoms. The van der Waals surface area contributed by atoms with E-state index in [-0.39, 0.29) is 11.2 Å². The number of primary amides is 1. The number of rotatable bonds is 2. The highest BCUT2D eigenvalue weighted by molar-refractivity contribution is 6.06. The number of Topliss-reactive ketones (excluding diaryl/α,β-unsaturated/α-hetero) is 1. The van der Waals surface area contributed by atoms with Crippen molar-refractivity contribution >= 4 is 23.2 Å². The fraction of sp³-hybridized carbons (Fsp3) is 0.400. The number of nitrogens with zero attached hydrogens (tertiary/aromatic N) is 2. The topological polar surface area (TPSA) is 75.8 Å². The quantitative estimate of drug-likeness (QED) is 0.841. The molecule has 0 unspecified atom stereocenters. The van der Waals surface area contributed by atoms with Gasteiger partial charge in [-0.3, -0.25) is 4.79 Å². The molecule has 2 rings (SSSR count). The zero-order valence-electron chi connectivity index (χ0n) is 11.8. The Bertz CT molecular complexity index is 549. The summed E-state index contributed by atoms with van der Waals surface area (Å²) < 4.78 is 0. The number of hydrazone groups is 1. The summed E-state index contributed by atoms with van der Waals surface area (Å²) in [5, 5.41) is 5.46. The maximum atomic E-state index is 11.8. The molecule has 2 N–H and O–H groups in total. The lowest BCUT2D eigenvalue weighted by molar-refractivity contribution is -0.120. The van der Waals surface area contributed by atoms with Crippen LogP contribution in [0.5, 0.6) is 0 Å². The summed E-state index contributed by atoms with van der Waals surface area (Å²) in [7, 11) is 0. The zero-order valence-corrected chi connectivity index (χ0v) is 11.8. The van der Waals surface area contributed by atoms with Gasteiger partial charge in [0.2, 0.25) is 0 Å². The van der Waals surface area contributed by atoms with Gasteiger partial charge in [0.15, 0.2) is 0 Å². The summed E-state index contributed by atoms with van der Waals surface area (Å²) in [6.45, 7) is 4.05. The van der Waals surface area contributed by atoms with Gasteiger partial charge in [-0.05, 0) is 24.0 Å². The summed E-state index contributed by atoms with van der Waals surface area (Å²) >= 11 is 0. The van der Waals surface area contributed by atoms with Crippen molar-refractivity contribution in [1.82, 2.24) is 0 Å². The second kappa shape index (κ2) is 5.45. The van der Waals surface area contributed by atoms with E-state index in [0.717, 1.165) is 5.01 Å². The molecule has 1 aromatic carbocycles. The fourth-order valence-corrected chi connectivity index (χ4v) is 2.52. The van der Waals surface area contributed by atoms with E-state index in [1.54, 1.807) is 24.3 Å². The average molecular weight is 273 g/mol. The number of carbonyl (C=O) groups is 2. The van der Waals surface area contributed by atoms with E-state index in [2.05, 4.69) is 5.10 Å². The number of benzene rings is 1. The van der Waals surface area contributed by atoms with Crippen molar-refractivity contribution in [2.24, 2.45) is 16.3 Å². The lowest BCUT2D eigenvalue weighted by Gasteiger charge is -2.30. The molecule has 0 saturated heterocycles. The van der Waals surface area contributed by atoms with E-state index in [9.17, 15) is 9.59 Å². The van der Waals surface area contributed by atoms with Gasteiger partial charge in [0, 0.05) is 18.6 Å². The molecule has 1 fully saturated rings. The number of ketones is 1. The standard InChI is InChI=1S/C15H19N3O2/c1-15(2)9-11(8-13(19)10-15)17-18(14(16)20)12-6-4-3-5-7-12/h3-7H,8-10H2,1-2H3,(H2,16,20)/b17-11+. The normalized spacial score (nSPS) is 19.9. The summed E-state index contributed by atoms with van der Waals surface area (Å²) in [4.78, 5) is 23.3.